The lowest BCUT2D eigenvalue weighted by atomic mass is 10.0. The number of unbranched alkanes of at least 4 members (excludes halogenated alkanes) is 4. The molecule has 0 heterocycles. The van der Waals surface area contributed by atoms with Gasteiger partial charge in [0, 0.05) is 6.42 Å². The predicted octanol–water partition coefficient (Wildman–Crippen LogP) is 4.10. The summed E-state index contributed by atoms with van der Waals surface area (Å²) in [6.07, 6.45) is 9.80. The van der Waals surface area contributed by atoms with Crippen LogP contribution < -0.4 is 0 Å². The fraction of sp³-hybridized carbons (Fsp3) is 0.786. The highest BCUT2D eigenvalue weighted by molar-refractivity contribution is 5.68. The monoisotopic (exact) mass is 226 g/mol. The maximum atomic E-state index is 10.9. The van der Waals surface area contributed by atoms with Crippen LogP contribution in [0.2, 0.25) is 0 Å². The minimum atomic E-state index is -0.0853. The van der Waals surface area contributed by atoms with Crippen LogP contribution >= 0.6 is 0 Å². The molecule has 0 radical (unpaired) electrons. The van der Waals surface area contributed by atoms with Gasteiger partial charge in [-0.25, -0.2) is 0 Å². The lowest BCUT2D eigenvalue weighted by molar-refractivity contribution is -0.144. The zero-order valence-corrected chi connectivity index (χ0v) is 10.8. The first kappa shape index (κ1) is 15.2. The normalized spacial score (nSPS) is 12.1. The van der Waals surface area contributed by atoms with Gasteiger partial charge in [-0.1, -0.05) is 39.2 Å². The molecule has 0 bridgehead atoms. The molecule has 0 saturated carbocycles. The number of carbonyl (C=O) groups excluding carboxylic acids is 1. The molecule has 0 aromatic heterocycles. The predicted molar refractivity (Wildman–Crippen MR) is 68.3 cm³/mol. The van der Waals surface area contributed by atoms with Gasteiger partial charge in [-0.2, -0.15) is 0 Å². The number of allylic oxidation sites excluding steroid dienone is 1. The minimum Gasteiger partial charge on any atom is -0.465 e. The molecule has 0 rings (SSSR count). The molecule has 0 N–H and O–H groups in total. The Morgan fingerprint density at radius 2 is 2.00 bits per heavy atom. The van der Waals surface area contributed by atoms with Gasteiger partial charge in [0.2, 0.25) is 0 Å². The van der Waals surface area contributed by atoms with Crippen LogP contribution in [0.5, 0.6) is 0 Å². The second kappa shape index (κ2) is 10.7. The number of hydrogen-bond donors (Lipinski definition) is 0. The van der Waals surface area contributed by atoms with Crippen LogP contribution in [0.15, 0.2) is 12.7 Å². The van der Waals surface area contributed by atoms with E-state index in [1.807, 2.05) is 13.0 Å². The Morgan fingerprint density at radius 3 is 2.62 bits per heavy atom. The first-order valence-electron chi connectivity index (χ1n) is 6.47. The largest absolute Gasteiger partial charge is 0.465 e. The standard InChI is InChI=1S/C14H26O2/c1-4-6-7-8-9-10-11-13(3)12-16-14(15)5-2/h4,13H,1,5-12H2,2-3H3. The third-order valence-electron chi connectivity index (χ3n) is 2.67. The minimum absolute atomic E-state index is 0.0853. The van der Waals surface area contributed by atoms with Crippen LogP contribution in [-0.2, 0) is 9.53 Å². The van der Waals surface area contributed by atoms with Crippen LogP contribution in [-0.4, -0.2) is 12.6 Å². The van der Waals surface area contributed by atoms with E-state index in [0.717, 1.165) is 12.8 Å². The van der Waals surface area contributed by atoms with Crippen molar-refractivity contribution in [3.8, 4) is 0 Å². The van der Waals surface area contributed by atoms with E-state index in [1.54, 1.807) is 0 Å². The second-order valence-electron chi connectivity index (χ2n) is 4.42. The first-order valence-corrected chi connectivity index (χ1v) is 6.47. The Bertz CT molecular complexity index is 187. The van der Waals surface area contributed by atoms with Crippen LogP contribution in [0.1, 0.15) is 58.8 Å². The number of ether oxygens (including phenoxy) is 1. The molecule has 0 saturated heterocycles. The average Bonchev–Trinajstić information content (AvgIpc) is 2.30. The van der Waals surface area contributed by atoms with Gasteiger partial charge in [0.1, 0.15) is 0 Å². The van der Waals surface area contributed by atoms with Crippen LogP contribution in [0.3, 0.4) is 0 Å². The lowest BCUT2D eigenvalue weighted by Gasteiger charge is -2.11. The highest BCUT2D eigenvalue weighted by Crippen LogP contribution is 2.12. The molecule has 16 heavy (non-hydrogen) atoms. The van der Waals surface area contributed by atoms with Crippen LogP contribution in [0, 0.1) is 5.92 Å². The maximum absolute atomic E-state index is 10.9. The van der Waals surface area contributed by atoms with E-state index in [-0.39, 0.29) is 5.97 Å². The van der Waals surface area contributed by atoms with Crippen molar-refractivity contribution in [2.24, 2.45) is 5.92 Å². The molecule has 0 aliphatic heterocycles. The van der Waals surface area contributed by atoms with Crippen molar-refractivity contribution in [2.75, 3.05) is 6.61 Å². The van der Waals surface area contributed by atoms with E-state index in [9.17, 15) is 4.79 Å². The molecule has 0 amide bonds. The fourth-order valence-corrected chi connectivity index (χ4v) is 1.56. The molecule has 0 fully saturated rings. The Morgan fingerprint density at radius 1 is 1.31 bits per heavy atom. The van der Waals surface area contributed by atoms with Crippen molar-refractivity contribution in [2.45, 2.75) is 58.8 Å². The summed E-state index contributed by atoms with van der Waals surface area (Å²) in [6.45, 7) is 8.26. The van der Waals surface area contributed by atoms with E-state index in [4.69, 9.17) is 4.74 Å². The van der Waals surface area contributed by atoms with Gasteiger partial charge in [-0.05, 0) is 25.2 Å². The molecule has 0 aliphatic carbocycles. The van der Waals surface area contributed by atoms with Crippen molar-refractivity contribution in [1.82, 2.24) is 0 Å². The van der Waals surface area contributed by atoms with E-state index in [1.165, 1.54) is 25.7 Å². The molecular weight excluding hydrogens is 200 g/mol. The van der Waals surface area contributed by atoms with E-state index in [0.29, 0.717) is 18.9 Å². The van der Waals surface area contributed by atoms with E-state index in [2.05, 4.69) is 13.5 Å². The van der Waals surface area contributed by atoms with Crippen molar-refractivity contribution >= 4 is 5.97 Å². The molecule has 0 aromatic rings. The van der Waals surface area contributed by atoms with Crippen molar-refractivity contribution in [3.05, 3.63) is 12.7 Å². The van der Waals surface area contributed by atoms with Crippen LogP contribution in [0.25, 0.3) is 0 Å². The Kier molecular flexibility index (Phi) is 10.2. The number of esters is 1. The summed E-state index contributed by atoms with van der Waals surface area (Å²) in [5.41, 5.74) is 0. The summed E-state index contributed by atoms with van der Waals surface area (Å²) in [6, 6.07) is 0. The number of carbonyl (C=O) groups is 1. The van der Waals surface area contributed by atoms with Gasteiger partial charge in [-0.15, -0.1) is 6.58 Å². The zero-order valence-electron chi connectivity index (χ0n) is 10.8. The molecule has 1 unspecified atom stereocenters. The Balaban J connectivity index is 3.26. The Hall–Kier alpha value is -0.790. The quantitative estimate of drug-likeness (QED) is 0.318. The fourth-order valence-electron chi connectivity index (χ4n) is 1.56. The molecule has 0 aliphatic rings. The lowest BCUT2D eigenvalue weighted by Crippen LogP contribution is -2.10. The van der Waals surface area contributed by atoms with Gasteiger partial charge in [0.05, 0.1) is 6.61 Å². The number of hydrogen-bond acceptors (Lipinski definition) is 2. The third-order valence-corrected chi connectivity index (χ3v) is 2.67. The summed E-state index contributed by atoms with van der Waals surface area (Å²) in [5, 5.41) is 0. The Labute approximate surface area is 100 Å². The molecule has 1 atom stereocenters. The SMILES string of the molecule is C=CCCCCCCC(C)COC(=O)CC. The summed E-state index contributed by atoms with van der Waals surface area (Å²) in [7, 11) is 0. The van der Waals surface area contributed by atoms with Gasteiger partial charge >= 0.3 is 5.97 Å². The van der Waals surface area contributed by atoms with Crippen LogP contribution in [0.4, 0.5) is 0 Å². The van der Waals surface area contributed by atoms with Gasteiger partial charge < -0.3 is 4.74 Å². The van der Waals surface area contributed by atoms with Gasteiger partial charge in [0.15, 0.2) is 0 Å². The number of rotatable bonds is 10. The van der Waals surface area contributed by atoms with Gasteiger partial charge in [-0.3, -0.25) is 4.79 Å². The first-order chi connectivity index (χ1) is 7.70. The molecule has 94 valence electrons. The van der Waals surface area contributed by atoms with Crippen molar-refractivity contribution < 1.29 is 9.53 Å². The topological polar surface area (TPSA) is 26.3 Å². The summed E-state index contributed by atoms with van der Waals surface area (Å²) in [4.78, 5) is 10.9. The zero-order chi connectivity index (χ0) is 12.2. The highest BCUT2D eigenvalue weighted by atomic mass is 16.5. The van der Waals surface area contributed by atoms with E-state index >= 15 is 0 Å². The molecular formula is C14H26O2. The van der Waals surface area contributed by atoms with Gasteiger partial charge in [0.25, 0.3) is 0 Å². The van der Waals surface area contributed by atoms with Crippen molar-refractivity contribution in [1.29, 1.82) is 0 Å². The smallest absolute Gasteiger partial charge is 0.305 e. The second-order valence-corrected chi connectivity index (χ2v) is 4.42. The third kappa shape index (κ3) is 9.75. The maximum Gasteiger partial charge on any atom is 0.305 e. The summed E-state index contributed by atoms with van der Waals surface area (Å²) >= 11 is 0. The highest BCUT2D eigenvalue weighted by Gasteiger charge is 2.05. The molecule has 2 nitrogen and oxygen atoms in total. The molecule has 0 aromatic carbocycles. The molecule has 2 heteroatoms. The van der Waals surface area contributed by atoms with Crippen molar-refractivity contribution in [3.63, 3.8) is 0 Å². The van der Waals surface area contributed by atoms with E-state index < -0.39 is 0 Å². The molecule has 0 spiro atoms. The summed E-state index contributed by atoms with van der Waals surface area (Å²) in [5.74, 6) is 0.410. The summed E-state index contributed by atoms with van der Waals surface area (Å²) < 4.78 is 5.10. The average molecular weight is 226 g/mol.